The molecule has 2 nitrogen and oxygen atoms in total. The highest BCUT2D eigenvalue weighted by Gasteiger charge is 2.32. The molecule has 1 unspecified atom stereocenters. The van der Waals surface area contributed by atoms with Gasteiger partial charge in [0, 0.05) is 16.3 Å². The minimum Gasteiger partial charge on any atom is -0.384 e. The summed E-state index contributed by atoms with van der Waals surface area (Å²) in [6.45, 7) is 4.19. The van der Waals surface area contributed by atoms with Gasteiger partial charge in [-0.3, -0.25) is 0 Å². The second-order valence-corrected chi connectivity index (χ2v) is 5.89. The van der Waals surface area contributed by atoms with Gasteiger partial charge in [0.05, 0.1) is 0 Å². The number of likely N-dealkylation sites (tertiary alicyclic amines) is 1. The van der Waals surface area contributed by atoms with Crippen molar-refractivity contribution in [2.75, 3.05) is 20.1 Å². The Hall–Kier alpha value is -0.380. The van der Waals surface area contributed by atoms with Crippen molar-refractivity contribution in [2.24, 2.45) is 0 Å². The lowest BCUT2D eigenvalue weighted by molar-refractivity contribution is 0.0255. The summed E-state index contributed by atoms with van der Waals surface area (Å²) in [4.78, 5) is 4.74. The van der Waals surface area contributed by atoms with E-state index in [-0.39, 0.29) is 0 Å². The average Bonchev–Trinajstić information content (AvgIpc) is 2.55. The topological polar surface area (TPSA) is 23.5 Å². The largest absolute Gasteiger partial charge is 0.384 e. The van der Waals surface area contributed by atoms with Gasteiger partial charge in [-0.2, -0.15) is 0 Å². The Morgan fingerprint density at radius 3 is 2.80 bits per heavy atom. The van der Waals surface area contributed by atoms with Crippen molar-refractivity contribution in [1.29, 1.82) is 0 Å². The molecule has 1 N–H and O–H groups in total. The third-order valence-corrected chi connectivity index (χ3v) is 4.43. The van der Waals surface area contributed by atoms with Gasteiger partial charge in [0.25, 0.3) is 0 Å². The Balaban J connectivity index is 2.18. The number of thiophene rings is 1. The monoisotopic (exact) mass is 225 g/mol. The van der Waals surface area contributed by atoms with E-state index in [9.17, 15) is 5.11 Å². The highest BCUT2D eigenvalue weighted by Crippen LogP contribution is 2.36. The van der Waals surface area contributed by atoms with Gasteiger partial charge in [0.2, 0.25) is 0 Å². The van der Waals surface area contributed by atoms with Crippen LogP contribution < -0.4 is 0 Å². The van der Waals surface area contributed by atoms with Crippen LogP contribution in [0.1, 0.15) is 29.0 Å². The first-order valence-corrected chi connectivity index (χ1v) is 6.40. The molecule has 0 saturated carbocycles. The molecule has 3 heteroatoms. The molecule has 0 spiro atoms. The maximum atomic E-state index is 10.6. The molecule has 1 aliphatic rings. The molecule has 1 saturated heterocycles. The first kappa shape index (κ1) is 11.1. The van der Waals surface area contributed by atoms with Crippen LogP contribution in [0.15, 0.2) is 12.1 Å². The van der Waals surface area contributed by atoms with Gasteiger partial charge < -0.3 is 10.0 Å². The molecule has 0 aliphatic carbocycles. The molecule has 0 bridgehead atoms. The molecular weight excluding hydrogens is 206 g/mol. The first-order chi connectivity index (χ1) is 7.10. The number of hydrogen-bond acceptors (Lipinski definition) is 3. The zero-order chi connectivity index (χ0) is 10.9. The molecule has 1 atom stereocenters. The Bertz CT molecular complexity index is 336. The van der Waals surface area contributed by atoms with Crippen molar-refractivity contribution >= 4 is 11.3 Å². The molecule has 84 valence electrons. The number of rotatable bonds is 1. The van der Waals surface area contributed by atoms with Crippen LogP contribution in [0.25, 0.3) is 0 Å². The van der Waals surface area contributed by atoms with Gasteiger partial charge >= 0.3 is 0 Å². The molecule has 1 aromatic rings. The highest BCUT2D eigenvalue weighted by molar-refractivity contribution is 7.12. The summed E-state index contributed by atoms with van der Waals surface area (Å²) < 4.78 is 0. The van der Waals surface area contributed by atoms with Crippen molar-refractivity contribution in [3.63, 3.8) is 0 Å². The van der Waals surface area contributed by atoms with E-state index in [1.165, 1.54) is 4.88 Å². The fourth-order valence-electron chi connectivity index (χ4n) is 2.19. The summed E-state index contributed by atoms with van der Waals surface area (Å²) >= 11 is 1.74. The normalized spacial score (nSPS) is 29.0. The van der Waals surface area contributed by atoms with Crippen molar-refractivity contribution in [1.82, 2.24) is 4.90 Å². The van der Waals surface area contributed by atoms with E-state index in [2.05, 4.69) is 31.0 Å². The molecule has 2 heterocycles. The fraction of sp³-hybridized carbons (Fsp3) is 0.667. The minimum atomic E-state index is -0.566. The summed E-state index contributed by atoms with van der Waals surface area (Å²) in [5.74, 6) is 0. The lowest BCUT2D eigenvalue weighted by Crippen LogP contribution is -2.26. The maximum Gasteiger partial charge on any atom is 0.100 e. The second kappa shape index (κ2) is 4.24. The van der Waals surface area contributed by atoms with E-state index < -0.39 is 5.60 Å². The van der Waals surface area contributed by atoms with Crippen molar-refractivity contribution in [3.05, 3.63) is 21.9 Å². The predicted molar refractivity (Wildman–Crippen MR) is 64.3 cm³/mol. The zero-order valence-corrected chi connectivity index (χ0v) is 10.3. The summed E-state index contributed by atoms with van der Waals surface area (Å²) in [5, 5.41) is 10.6. The maximum absolute atomic E-state index is 10.6. The quantitative estimate of drug-likeness (QED) is 0.793. The smallest absolute Gasteiger partial charge is 0.100 e. The predicted octanol–water partition coefficient (Wildman–Crippen LogP) is 2.36. The molecule has 15 heavy (non-hydrogen) atoms. The van der Waals surface area contributed by atoms with E-state index >= 15 is 0 Å². The van der Waals surface area contributed by atoms with Gasteiger partial charge in [0.15, 0.2) is 0 Å². The highest BCUT2D eigenvalue weighted by atomic mass is 32.1. The lowest BCUT2D eigenvalue weighted by Gasteiger charge is -2.25. The summed E-state index contributed by atoms with van der Waals surface area (Å²) in [7, 11) is 2.13. The van der Waals surface area contributed by atoms with Gasteiger partial charge in [-0.05, 0) is 51.9 Å². The van der Waals surface area contributed by atoms with Crippen LogP contribution in [0.3, 0.4) is 0 Å². The molecule has 1 aromatic heterocycles. The first-order valence-electron chi connectivity index (χ1n) is 5.58. The van der Waals surface area contributed by atoms with Crippen LogP contribution >= 0.6 is 11.3 Å². The summed E-state index contributed by atoms with van der Waals surface area (Å²) in [6.07, 6.45) is 2.85. The SMILES string of the molecule is Cc1ccc(C2(O)CCCN(C)CC2)s1. The third-order valence-electron chi connectivity index (χ3n) is 3.24. The van der Waals surface area contributed by atoms with Crippen molar-refractivity contribution < 1.29 is 5.11 Å². The zero-order valence-electron chi connectivity index (χ0n) is 9.49. The van der Waals surface area contributed by atoms with Gasteiger partial charge in [-0.1, -0.05) is 0 Å². The number of aryl methyl sites for hydroxylation is 1. The molecular formula is C12H19NOS. The van der Waals surface area contributed by atoms with E-state index in [1.54, 1.807) is 11.3 Å². The Labute approximate surface area is 95.5 Å². The molecule has 1 aliphatic heterocycles. The Morgan fingerprint density at radius 2 is 2.13 bits per heavy atom. The van der Waals surface area contributed by atoms with Crippen LogP contribution in [0.4, 0.5) is 0 Å². The third kappa shape index (κ3) is 2.41. The fourth-order valence-corrected chi connectivity index (χ4v) is 3.20. The number of hydrogen-bond donors (Lipinski definition) is 1. The van der Waals surface area contributed by atoms with Crippen LogP contribution in [0, 0.1) is 6.92 Å². The average molecular weight is 225 g/mol. The van der Waals surface area contributed by atoms with Gasteiger partial charge in [-0.15, -0.1) is 11.3 Å². The molecule has 2 rings (SSSR count). The van der Waals surface area contributed by atoms with E-state index in [4.69, 9.17) is 0 Å². The summed E-state index contributed by atoms with van der Waals surface area (Å²) in [5.41, 5.74) is -0.566. The van der Waals surface area contributed by atoms with Crippen LogP contribution in [0.2, 0.25) is 0 Å². The molecule has 1 fully saturated rings. The number of nitrogens with zero attached hydrogens (tertiary/aromatic N) is 1. The van der Waals surface area contributed by atoms with E-state index in [0.717, 1.165) is 37.2 Å². The van der Waals surface area contributed by atoms with Crippen molar-refractivity contribution in [3.8, 4) is 0 Å². The van der Waals surface area contributed by atoms with E-state index in [1.807, 2.05) is 0 Å². The minimum absolute atomic E-state index is 0.566. The molecule has 0 amide bonds. The van der Waals surface area contributed by atoms with Gasteiger partial charge in [0.1, 0.15) is 5.60 Å². The van der Waals surface area contributed by atoms with Crippen molar-refractivity contribution in [2.45, 2.75) is 31.8 Å². The van der Waals surface area contributed by atoms with Crippen LogP contribution in [0.5, 0.6) is 0 Å². The standard InChI is InChI=1S/C12H19NOS/c1-10-4-5-11(15-10)12(14)6-3-8-13(2)9-7-12/h4-5,14H,3,6-9H2,1-2H3. The van der Waals surface area contributed by atoms with Crippen LogP contribution in [-0.2, 0) is 5.60 Å². The second-order valence-electron chi connectivity index (χ2n) is 4.60. The number of aliphatic hydroxyl groups is 1. The summed E-state index contributed by atoms with van der Waals surface area (Å²) in [6, 6.07) is 4.19. The molecule has 0 radical (unpaired) electrons. The lowest BCUT2D eigenvalue weighted by atomic mass is 9.93. The molecule has 0 aromatic carbocycles. The Kier molecular flexibility index (Phi) is 3.14. The Morgan fingerprint density at radius 1 is 1.33 bits per heavy atom. The van der Waals surface area contributed by atoms with Crippen LogP contribution in [-0.4, -0.2) is 30.1 Å². The van der Waals surface area contributed by atoms with E-state index in [0.29, 0.717) is 0 Å². The van der Waals surface area contributed by atoms with Gasteiger partial charge in [-0.25, -0.2) is 0 Å².